The second-order valence-corrected chi connectivity index (χ2v) is 5.74. The van der Waals surface area contributed by atoms with Crippen molar-refractivity contribution in [1.82, 2.24) is 15.1 Å². The van der Waals surface area contributed by atoms with Crippen LogP contribution in [-0.2, 0) is 23.5 Å². The van der Waals surface area contributed by atoms with E-state index in [0.29, 0.717) is 25.1 Å². The minimum absolute atomic E-state index is 0.117. The van der Waals surface area contributed by atoms with E-state index in [1.807, 2.05) is 6.92 Å². The van der Waals surface area contributed by atoms with Crippen LogP contribution in [0.25, 0.3) is 0 Å². The van der Waals surface area contributed by atoms with Gasteiger partial charge in [-0.15, -0.1) is 0 Å². The van der Waals surface area contributed by atoms with Crippen LogP contribution in [0.1, 0.15) is 19.0 Å². The van der Waals surface area contributed by atoms with E-state index in [1.54, 1.807) is 25.0 Å². The molecule has 1 rings (SSSR count). The summed E-state index contributed by atoms with van der Waals surface area (Å²) >= 11 is 0. The lowest BCUT2D eigenvalue weighted by atomic mass is 10.3. The molecule has 0 saturated heterocycles. The summed E-state index contributed by atoms with van der Waals surface area (Å²) in [5.74, 6) is 0.117. The topological polar surface area (TPSA) is 76.0 Å². The highest BCUT2D eigenvalue weighted by molar-refractivity contribution is 7.92. The fourth-order valence-electron chi connectivity index (χ4n) is 1.54. The van der Waals surface area contributed by atoms with E-state index in [4.69, 9.17) is 0 Å². The molecule has 0 saturated carbocycles. The minimum Gasteiger partial charge on any atom is -0.320 e. The SMILES string of the molecule is CCc1nn(C)cc1NS(=O)(=O)CCCNC. The highest BCUT2D eigenvalue weighted by Crippen LogP contribution is 2.15. The van der Waals surface area contributed by atoms with Gasteiger partial charge in [-0.2, -0.15) is 5.10 Å². The molecule has 0 aromatic carbocycles. The van der Waals surface area contributed by atoms with Gasteiger partial charge in [0.1, 0.15) is 0 Å². The number of rotatable bonds is 7. The van der Waals surface area contributed by atoms with Crippen LogP contribution in [0.5, 0.6) is 0 Å². The minimum atomic E-state index is -3.27. The molecule has 0 radical (unpaired) electrons. The van der Waals surface area contributed by atoms with Crippen molar-refractivity contribution in [1.29, 1.82) is 0 Å². The first-order valence-corrected chi connectivity index (χ1v) is 7.31. The fourth-order valence-corrected chi connectivity index (χ4v) is 2.67. The molecule has 1 aromatic rings. The second kappa shape index (κ2) is 6.02. The normalized spacial score (nSPS) is 11.7. The van der Waals surface area contributed by atoms with E-state index in [1.165, 1.54) is 0 Å². The molecule has 0 fully saturated rings. The highest BCUT2D eigenvalue weighted by atomic mass is 32.2. The van der Waals surface area contributed by atoms with Gasteiger partial charge >= 0.3 is 0 Å². The molecule has 0 aliphatic heterocycles. The van der Waals surface area contributed by atoms with Crippen LogP contribution in [0.2, 0.25) is 0 Å². The van der Waals surface area contributed by atoms with Crippen LogP contribution in [0.3, 0.4) is 0 Å². The van der Waals surface area contributed by atoms with Gasteiger partial charge in [-0.3, -0.25) is 9.40 Å². The molecule has 6 nitrogen and oxygen atoms in total. The Bertz CT molecular complexity index is 453. The number of aryl methyl sites for hydroxylation is 2. The first-order valence-electron chi connectivity index (χ1n) is 5.66. The second-order valence-electron chi connectivity index (χ2n) is 3.89. The molecule has 2 N–H and O–H groups in total. The quantitative estimate of drug-likeness (QED) is 0.693. The van der Waals surface area contributed by atoms with E-state index in [-0.39, 0.29) is 5.75 Å². The van der Waals surface area contributed by atoms with Crippen molar-refractivity contribution in [3.05, 3.63) is 11.9 Å². The lowest BCUT2D eigenvalue weighted by Gasteiger charge is -2.06. The van der Waals surface area contributed by atoms with Crippen LogP contribution in [-0.4, -0.2) is 37.5 Å². The Morgan fingerprint density at radius 1 is 1.47 bits per heavy atom. The Labute approximate surface area is 102 Å². The molecule has 0 unspecified atom stereocenters. The van der Waals surface area contributed by atoms with Gasteiger partial charge in [0, 0.05) is 13.2 Å². The molecule has 0 spiro atoms. The highest BCUT2D eigenvalue weighted by Gasteiger charge is 2.14. The van der Waals surface area contributed by atoms with Gasteiger partial charge < -0.3 is 5.32 Å². The van der Waals surface area contributed by atoms with E-state index in [9.17, 15) is 8.42 Å². The van der Waals surface area contributed by atoms with Gasteiger partial charge in [0.15, 0.2) is 0 Å². The molecule has 1 heterocycles. The molecule has 0 aliphatic rings. The van der Waals surface area contributed by atoms with Gasteiger partial charge in [0.25, 0.3) is 0 Å². The molecule has 17 heavy (non-hydrogen) atoms. The molecule has 98 valence electrons. The summed E-state index contributed by atoms with van der Waals surface area (Å²) in [6.45, 7) is 2.63. The third-order valence-corrected chi connectivity index (χ3v) is 3.70. The van der Waals surface area contributed by atoms with Crippen molar-refractivity contribution in [3.63, 3.8) is 0 Å². The number of nitrogens with zero attached hydrogens (tertiary/aromatic N) is 2. The van der Waals surface area contributed by atoms with Gasteiger partial charge in [-0.1, -0.05) is 6.92 Å². The zero-order chi connectivity index (χ0) is 12.9. The molecule has 1 aromatic heterocycles. The van der Waals surface area contributed by atoms with E-state index < -0.39 is 10.0 Å². The van der Waals surface area contributed by atoms with Crippen molar-refractivity contribution in [2.45, 2.75) is 19.8 Å². The van der Waals surface area contributed by atoms with Gasteiger partial charge in [-0.25, -0.2) is 8.42 Å². The Morgan fingerprint density at radius 3 is 2.76 bits per heavy atom. The average molecular weight is 260 g/mol. The van der Waals surface area contributed by atoms with E-state index in [0.717, 1.165) is 5.69 Å². The largest absolute Gasteiger partial charge is 0.320 e. The first kappa shape index (κ1) is 14.0. The number of nitrogens with one attached hydrogen (secondary N) is 2. The molecule has 0 amide bonds. The maximum atomic E-state index is 11.8. The van der Waals surface area contributed by atoms with Crippen LogP contribution in [0, 0.1) is 0 Å². The average Bonchev–Trinajstić information content (AvgIpc) is 2.58. The third-order valence-electron chi connectivity index (χ3n) is 2.35. The summed E-state index contributed by atoms with van der Waals surface area (Å²) < 4.78 is 27.7. The predicted molar refractivity (Wildman–Crippen MR) is 68.5 cm³/mol. The number of sulfonamides is 1. The Hall–Kier alpha value is -1.08. The summed E-state index contributed by atoms with van der Waals surface area (Å²) in [6, 6.07) is 0. The molecular weight excluding hydrogens is 240 g/mol. The lowest BCUT2D eigenvalue weighted by molar-refractivity contribution is 0.597. The lowest BCUT2D eigenvalue weighted by Crippen LogP contribution is -2.20. The van der Waals surface area contributed by atoms with E-state index >= 15 is 0 Å². The molecule has 7 heteroatoms. The van der Waals surface area contributed by atoms with E-state index in [2.05, 4.69) is 15.1 Å². The summed E-state index contributed by atoms with van der Waals surface area (Å²) in [6.07, 6.45) is 2.98. The smallest absolute Gasteiger partial charge is 0.232 e. The Morgan fingerprint density at radius 2 is 2.18 bits per heavy atom. The number of anilines is 1. The third kappa shape index (κ3) is 4.35. The molecule has 0 aliphatic carbocycles. The molecular formula is C10H20N4O2S. The fraction of sp³-hybridized carbons (Fsp3) is 0.700. The zero-order valence-electron chi connectivity index (χ0n) is 10.5. The Kier molecular flexibility index (Phi) is 4.95. The van der Waals surface area contributed by atoms with Crippen LogP contribution >= 0.6 is 0 Å². The monoisotopic (exact) mass is 260 g/mol. The standard InChI is InChI=1S/C10H20N4O2S/c1-4-9-10(8-14(3)12-9)13-17(15,16)7-5-6-11-2/h8,11,13H,4-7H2,1-3H3. The maximum absolute atomic E-state index is 11.8. The Balaban J connectivity index is 2.69. The number of hydrogen-bond acceptors (Lipinski definition) is 4. The van der Waals surface area contributed by atoms with Crippen molar-refractivity contribution in [2.24, 2.45) is 7.05 Å². The van der Waals surface area contributed by atoms with Crippen LogP contribution in [0.4, 0.5) is 5.69 Å². The maximum Gasteiger partial charge on any atom is 0.232 e. The molecule has 0 bridgehead atoms. The summed E-state index contributed by atoms with van der Waals surface area (Å²) in [4.78, 5) is 0. The summed E-state index contributed by atoms with van der Waals surface area (Å²) in [7, 11) is 0.308. The summed E-state index contributed by atoms with van der Waals surface area (Å²) in [5, 5.41) is 7.11. The molecule has 0 atom stereocenters. The van der Waals surface area contributed by atoms with Crippen molar-refractivity contribution in [3.8, 4) is 0 Å². The van der Waals surface area contributed by atoms with Crippen molar-refractivity contribution < 1.29 is 8.42 Å². The van der Waals surface area contributed by atoms with Crippen molar-refractivity contribution >= 4 is 15.7 Å². The van der Waals surface area contributed by atoms with Gasteiger partial charge in [-0.05, 0) is 26.4 Å². The predicted octanol–water partition coefficient (Wildman–Crippen LogP) is 0.334. The van der Waals surface area contributed by atoms with Gasteiger partial charge in [0.05, 0.1) is 17.1 Å². The zero-order valence-corrected chi connectivity index (χ0v) is 11.3. The summed E-state index contributed by atoms with van der Waals surface area (Å²) in [5.41, 5.74) is 1.35. The van der Waals surface area contributed by atoms with Crippen LogP contribution < -0.4 is 10.0 Å². The van der Waals surface area contributed by atoms with Gasteiger partial charge in [0.2, 0.25) is 10.0 Å². The van der Waals surface area contributed by atoms with Crippen LogP contribution in [0.15, 0.2) is 6.20 Å². The van der Waals surface area contributed by atoms with Crippen molar-refractivity contribution in [2.75, 3.05) is 24.1 Å². The number of aromatic nitrogens is 2. The first-order chi connectivity index (χ1) is 7.98. The number of hydrogen-bond donors (Lipinski definition) is 2.